The summed E-state index contributed by atoms with van der Waals surface area (Å²) in [6, 6.07) is 13.5. The smallest absolute Gasteiger partial charge is 0.405 e. The molecule has 0 radical (unpaired) electrons. The minimum absolute atomic E-state index is 0.0906. The number of carbonyl (C=O) groups is 2. The summed E-state index contributed by atoms with van der Waals surface area (Å²) in [5.41, 5.74) is 1.05. The minimum Gasteiger partial charge on any atom is -0.489 e. The van der Waals surface area contributed by atoms with E-state index in [1.807, 2.05) is 47.8 Å². The van der Waals surface area contributed by atoms with Crippen molar-refractivity contribution in [3.05, 3.63) is 63.1 Å². The van der Waals surface area contributed by atoms with Crippen molar-refractivity contribution in [3.8, 4) is 5.75 Å². The van der Waals surface area contributed by atoms with Crippen molar-refractivity contribution in [2.75, 3.05) is 26.2 Å². The second-order valence-corrected chi connectivity index (χ2v) is 9.46. The molecule has 0 spiro atoms. The van der Waals surface area contributed by atoms with Crippen LogP contribution in [0.25, 0.3) is 0 Å². The first-order chi connectivity index (χ1) is 15.7. The average molecular weight is 541 g/mol. The van der Waals surface area contributed by atoms with E-state index in [0.717, 1.165) is 21.3 Å². The van der Waals surface area contributed by atoms with Crippen LogP contribution in [0.15, 0.2) is 46.9 Å². The lowest BCUT2D eigenvalue weighted by atomic mass is 9.91. The Balaban J connectivity index is 1.52. The third kappa shape index (κ3) is 8.19. The van der Waals surface area contributed by atoms with Gasteiger partial charge in [0.15, 0.2) is 0 Å². The van der Waals surface area contributed by atoms with Crippen LogP contribution in [0.3, 0.4) is 0 Å². The third-order valence-corrected chi connectivity index (χ3v) is 6.27. The first-order valence-corrected chi connectivity index (χ1v) is 11.7. The van der Waals surface area contributed by atoms with Crippen LogP contribution in [0.2, 0.25) is 5.02 Å². The Morgan fingerprint density at radius 3 is 2.48 bits per heavy atom. The molecule has 0 atom stereocenters. The Kier molecular flexibility index (Phi) is 8.96. The van der Waals surface area contributed by atoms with Gasteiger partial charge < -0.3 is 25.6 Å². The van der Waals surface area contributed by atoms with E-state index in [0.29, 0.717) is 44.1 Å². The number of benzene rings is 2. The van der Waals surface area contributed by atoms with Crippen molar-refractivity contribution in [2.45, 2.75) is 31.6 Å². The standard InChI is InChI=1S/C23H27BrClN3O5/c24-18-3-6-20(33-14-16-1-4-19(25)5-2-16)17(11-18)13-28-9-7-23(32,8-10-28)15-27-21(29)12-26-22(30)31/h1-6,11,26,32H,7-10,12-15H2,(H,27,29)(H,30,31). The zero-order chi connectivity index (χ0) is 23.8. The van der Waals surface area contributed by atoms with Crippen LogP contribution in [-0.2, 0) is 17.9 Å². The van der Waals surface area contributed by atoms with Gasteiger partial charge in [-0.2, -0.15) is 0 Å². The van der Waals surface area contributed by atoms with Gasteiger partial charge >= 0.3 is 6.09 Å². The summed E-state index contributed by atoms with van der Waals surface area (Å²) in [4.78, 5) is 24.4. The number of nitrogens with zero attached hydrogens (tertiary/aromatic N) is 1. The molecule has 1 fully saturated rings. The second kappa shape index (κ2) is 11.7. The first-order valence-electron chi connectivity index (χ1n) is 10.6. The molecule has 8 nitrogen and oxygen atoms in total. The molecule has 2 aromatic carbocycles. The fraction of sp³-hybridized carbons (Fsp3) is 0.391. The monoisotopic (exact) mass is 539 g/mol. The van der Waals surface area contributed by atoms with E-state index in [2.05, 4.69) is 26.1 Å². The van der Waals surface area contributed by atoms with Gasteiger partial charge in [-0.1, -0.05) is 39.7 Å². The number of carboxylic acid groups (broad SMARTS) is 1. The normalized spacial score (nSPS) is 15.6. The number of hydrogen-bond acceptors (Lipinski definition) is 5. The summed E-state index contributed by atoms with van der Waals surface area (Å²) in [7, 11) is 0. The average Bonchev–Trinajstić information content (AvgIpc) is 2.79. The van der Waals surface area contributed by atoms with Gasteiger partial charge in [-0.25, -0.2) is 4.79 Å². The van der Waals surface area contributed by atoms with Crippen LogP contribution in [-0.4, -0.2) is 58.9 Å². The van der Waals surface area contributed by atoms with Crippen LogP contribution in [0.4, 0.5) is 4.79 Å². The van der Waals surface area contributed by atoms with Gasteiger partial charge in [0, 0.05) is 41.2 Å². The quantitative estimate of drug-likeness (QED) is 0.388. The third-order valence-electron chi connectivity index (χ3n) is 5.53. The molecule has 2 aromatic rings. The van der Waals surface area contributed by atoms with Crippen molar-refractivity contribution in [3.63, 3.8) is 0 Å². The lowest BCUT2D eigenvalue weighted by molar-refractivity contribution is -0.122. The highest BCUT2D eigenvalue weighted by Crippen LogP contribution is 2.28. The number of halogens is 2. The number of nitrogens with one attached hydrogen (secondary N) is 2. The van der Waals surface area contributed by atoms with Gasteiger partial charge in [0.2, 0.25) is 5.91 Å². The van der Waals surface area contributed by atoms with E-state index in [-0.39, 0.29) is 13.1 Å². The lowest BCUT2D eigenvalue weighted by Gasteiger charge is -2.38. The van der Waals surface area contributed by atoms with Crippen LogP contribution >= 0.6 is 27.5 Å². The molecule has 2 amide bonds. The Morgan fingerprint density at radius 2 is 1.82 bits per heavy atom. The van der Waals surface area contributed by atoms with Gasteiger partial charge in [0.05, 0.1) is 12.1 Å². The van der Waals surface area contributed by atoms with Crippen molar-refractivity contribution in [1.82, 2.24) is 15.5 Å². The molecule has 0 aromatic heterocycles. The summed E-state index contributed by atoms with van der Waals surface area (Å²) < 4.78 is 7.03. The molecular weight excluding hydrogens is 514 g/mol. The molecule has 0 aliphatic carbocycles. The molecule has 1 heterocycles. The van der Waals surface area contributed by atoms with E-state index >= 15 is 0 Å². The number of likely N-dealkylation sites (tertiary alicyclic amines) is 1. The highest BCUT2D eigenvalue weighted by molar-refractivity contribution is 9.10. The van der Waals surface area contributed by atoms with Crippen molar-refractivity contribution >= 4 is 39.5 Å². The maximum atomic E-state index is 11.7. The van der Waals surface area contributed by atoms with Gasteiger partial charge in [-0.05, 0) is 48.7 Å². The Labute approximate surface area is 206 Å². The van der Waals surface area contributed by atoms with Crippen LogP contribution in [0.5, 0.6) is 5.75 Å². The summed E-state index contributed by atoms with van der Waals surface area (Å²) in [6.07, 6.45) is -0.273. The Bertz CT molecular complexity index is 965. The molecule has 1 saturated heterocycles. The number of amides is 2. The molecule has 0 unspecified atom stereocenters. The fourth-order valence-corrected chi connectivity index (χ4v) is 4.12. The zero-order valence-corrected chi connectivity index (χ0v) is 20.4. The van der Waals surface area contributed by atoms with Gasteiger partial charge in [-0.15, -0.1) is 0 Å². The van der Waals surface area contributed by atoms with Crippen LogP contribution in [0, 0.1) is 0 Å². The summed E-state index contributed by atoms with van der Waals surface area (Å²) in [5.74, 6) is 0.331. The van der Waals surface area contributed by atoms with Crippen molar-refractivity contribution < 1.29 is 24.5 Å². The molecule has 0 bridgehead atoms. The van der Waals surface area contributed by atoms with E-state index in [4.69, 9.17) is 21.4 Å². The SMILES string of the molecule is O=C(O)NCC(=O)NCC1(O)CCN(Cc2cc(Br)ccc2OCc2ccc(Cl)cc2)CC1. The molecular formula is C23H27BrClN3O5. The highest BCUT2D eigenvalue weighted by Gasteiger charge is 2.32. The number of carbonyl (C=O) groups excluding carboxylic acids is 1. The van der Waals surface area contributed by atoms with Crippen LogP contribution in [0.1, 0.15) is 24.0 Å². The lowest BCUT2D eigenvalue weighted by Crippen LogP contribution is -2.51. The van der Waals surface area contributed by atoms with Crippen LogP contribution < -0.4 is 15.4 Å². The van der Waals surface area contributed by atoms with Gasteiger partial charge in [-0.3, -0.25) is 9.69 Å². The molecule has 0 saturated carbocycles. The van der Waals surface area contributed by atoms with E-state index in [1.165, 1.54) is 0 Å². The fourth-order valence-electron chi connectivity index (χ4n) is 3.58. The Hall–Kier alpha value is -2.33. The summed E-state index contributed by atoms with van der Waals surface area (Å²) in [5, 5.41) is 24.6. The molecule has 178 valence electrons. The van der Waals surface area contributed by atoms with E-state index in [1.54, 1.807) is 0 Å². The van der Waals surface area contributed by atoms with E-state index in [9.17, 15) is 14.7 Å². The first kappa shape index (κ1) is 25.3. The maximum Gasteiger partial charge on any atom is 0.405 e. The summed E-state index contributed by atoms with van der Waals surface area (Å²) in [6.45, 7) is 2.17. The second-order valence-electron chi connectivity index (χ2n) is 8.10. The van der Waals surface area contributed by atoms with Gasteiger partial charge in [0.25, 0.3) is 0 Å². The highest BCUT2D eigenvalue weighted by atomic mass is 79.9. The molecule has 10 heteroatoms. The predicted molar refractivity (Wildman–Crippen MR) is 128 cm³/mol. The van der Waals surface area contributed by atoms with E-state index < -0.39 is 17.6 Å². The summed E-state index contributed by atoms with van der Waals surface area (Å²) >= 11 is 9.47. The number of rotatable bonds is 9. The predicted octanol–water partition coefficient (Wildman–Crippen LogP) is 3.39. The van der Waals surface area contributed by atoms with Gasteiger partial charge in [0.1, 0.15) is 12.4 Å². The Morgan fingerprint density at radius 1 is 1.12 bits per heavy atom. The number of piperidine rings is 1. The topological polar surface area (TPSA) is 111 Å². The minimum atomic E-state index is -1.26. The maximum absolute atomic E-state index is 11.7. The van der Waals surface area contributed by atoms with Crippen molar-refractivity contribution in [2.24, 2.45) is 0 Å². The molecule has 3 rings (SSSR count). The number of aliphatic hydroxyl groups is 1. The largest absolute Gasteiger partial charge is 0.489 e. The molecule has 33 heavy (non-hydrogen) atoms. The number of hydrogen-bond donors (Lipinski definition) is 4. The zero-order valence-electron chi connectivity index (χ0n) is 18.0. The van der Waals surface area contributed by atoms with Crippen molar-refractivity contribution in [1.29, 1.82) is 0 Å². The molecule has 1 aliphatic rings. The molecule has 4 N–H and O–H groups in total. The number of ether oxygens (including phenoxy) is 1. The molecule has 1 aliphatic heterocycles.